The molecule has 1 aromatic heterocycles. The highest BCUT2D eigenvalue weighted by Crippen LogP contribution is 2.45. The maximum Gasteiger partial charge on any atom is 0.179 e. The largest absolute Gasteiger partial charge is 0.338 e. The van der Waals surface area contributed by atoms with E-state index in [4.69, 9.17) is 5.73 Å². The summed E-state index contributed by atoms with van der Waals surface area (Å²) in [7, 11) is 2.13. The Bertz CT molecular complexity index is 714. The van der Waals surface area contributed by atoms with E-state index in [1.165, 1.54) is 32.6 Å². The van der Waals surface area contributed by atoms with Crippen LogP contribution >= 0.6 is 11.8 Å². The molecule has 1 aromatic carbocycles. The van der Waals surface area contributed by atoms with Crippen molar-refractivity contribution in [3.63, 3.8) is 0 Å². The molecule has 0 radical (unpaired) electrons. The maximum absolute atomic E-state index is 5.69. The van der Waals surface area contributed by atoms with Gasteiger partial charge in [-0.2, -0.15) is 4.57 Å². The van der Waals surface area contributed by atoms with Gasteiger partial charge in [0.2, 0.25) is 0 Å². The summed E-state index contributed by atoms with van der Waals surface area (Å²) >= 11 is 1.83. The van der Waals surface area contributed by atoms with Gasteiger partial charge >= 0.3 is 0 Å². The molecule has 0 spiro atoms. The number of nitrogens with zero attached hydrogens (tertiary/aromatic N) is 2. The number of thioether (sulfide) groups is 1. The summed E-state index contributed by atoms with van der Waals surface area (Å²) < 4.78 is 2.27. The summed E-state index contributed by atoms with van der Waals surface area (Å²) in [5.41, 5.74) is 10.7. The Labute approximate surface area is 136 Å². The van der Waals surface area contributed by atoms with Crippen LogP contribution in [0.5, 0.6) is 0 Å². The molecule has 0 aliphatic carbocycles. The van der Waals surface area contributed by atoms with Gasteiger partial charge in [-0.1, -0.05) is 23.9 Å². The number of aromatic nitrogens is 1. The number of aryl methyl sites for hydroxylation is 2. The van der Waals surface area contributed by atoms with Crippen LogP contribution in [0, 0.1) is 13.8 Å². The first-order valence-corrected chi connectivity index (χ1v) is 8.35. The Morgan fingerprint density at radius 3 is 2.50 bits per heavy atom. The van der Waals surface area contributed by atoms with Gasteiger partial charge in [-0.3, -0.25) is 0 Å². The molecular weight excluding hydrogens is 290 g/mol. The van der Waals surface area contributed by atoms with E-state index in [9.17, 15) is 0 Å². The smallest absolute Gasteiger partial charge is 0.179 e. The van der Waals surface area contributed by atoms with Crippen molar-refractivity contribution in [3.8, 4) is 0 Å². The second-order valence-corrected chi connectivity index (χ2v) is 6.69. The molecule has 0 saturated carbocycles. The molecule has 3 rings (SSSR count). The molecule has 2 aromatic rings. The molecule has 0 amide bonds. The summed E-state index contributed by atoms with van der Waals surface area (Å²) in [5.74, 6) is 0. The molecule has 4 heteroatoms. The van der Waals surface area contributed by atoms with Crippen molar-refractivity contribution >= 4 is 23.5 Å². The molecule has 0 fully saturated rings. The molecule has 2 N–H and O–H groups in total. The normalized spacial score (nSPS) is 15.5. The number of benzene rings is 1. The molecule has 0 bridgehead atoms. The highest BCUT2D eigenvalue weighted by atomic mass is 32.2. The van der Waals surface area contributed by atoms with Gasteiger partial charge in [0.1, 0.15) is 0 Å². The van der Waals surface area contributed by atoms with E-state index in [0.717, 1.165) is 6.54 Å². The quantitative estimate of drug-likeness (QED) is 0.884. The monoisotopic (exact) mass is 312 g/mol. The third-order valence-corrected chi connectivity index (χ3v) is 5.18. The van der Waals surface area contributed by atoms with E-state index in [2.05, 4.69) is 72.8 Å². The summed E-state index contributed by atoms with van der Waals surface area (Å²) in [6.45, 7) is 5.82. The Morgan fingerprint density at radius 2 is 1.86 bits per heavy atom. The van der Waals surface area contributed by atoms with Crippen molar-refractivity contribution in [2.75, 3.05) is 18.5 Å². The summed E-state index contributed by atoms with van der Waals surface area (Å²) in [4.78, 5) is 3.57. The molecule has 22 heavy (non-hydrogen) atoms. The van der Waals surface area contributed by atoms with E-state index in [0.29, 0.717) is 6.54 Å². The summed E-state index contributed by atoms with van der Waals surface area (Å²) in [6.07, 6.45) is 2.26. The van der Waals surface area contributed by atoms with Crippen molar-refractivity contribution in [2.24, 2.45) is 5.73 Å². The zero-order valence-corrected chi connectivity index (χ0v) is 14.2. The lowest BCUT2D eigenvalue weighted by Gasteiger charge is -2.13. The van der Waals surface area contributed by atoms with Gasteiger partial charge in [-0.25, -0.2) is 0 Å². The molecule has 1 aliphatic heterocycles. The van der Waals surface area contributed by atoms with Crippen LogP contribution in [0.3, 0.4) is 0 Å². The van der Waals surface area contributed by atoms with Gasteiger partial charge in [0.25, 0.3) is 0 Å². The van der Waals surface area contributed by atoms with Crippen LogP contribution in [0.15, 0.2) is 46.3 Å². The van der Waals surface area contributed by atoms with Crippen LogP contribution in [-0.4, -0.2) is 13.6 Å². The van der Waals surface area contributed by atoms with Crippen LogP contribution in [0.25, 0.3) is 6.08 Å². The minimum Gasteiger partial charge on any atom is -0.338 e. The van der Waals surface area contributed by atoms with Crippen LogP contribution in [0.4, 0.5) is 5.69 Å². The average Bonchev–Trinajstić information content (AvgIpc) is 2.80. The zero-order valence-electron chi connectivity index (χ0n) is 13.3. The van der Waals surface area contributed by atoms with Gasteiger partial charge in [0.05, 0.1) is 17.3 Å². The molecule has 2 heterocycles. The van der Waals surface area contributed by atoms with Gasteiger partial charge in [-0.05, 0) is 23.8 Å². The third-order valence-electron chi connectivity index (χ3n) is 4.02. The SMILES string of the molecule is Cc1cc(/C=C2/Sc3ccccc3N2C)cc(C)[n+]1CCN. The lowest BCUT2D eigenvalue weighted by Crippen LogP contribution is -2.43. The molecule has 1 aliphatic rings. The Balaban J connectivity index is 1.94. The number of hydrogen-bond donors (Lipinski definition) is 1. The van der Waals surface area contributed by atoms with E-state index < -0.39 is 0 Å². The molecule has 0 saturated heterocycles. The molecule has 114 valence electrons. The number of para-hydroxylation sites is 1. The van der Waals surface area contributed by atoms with E-state index in [1.54, 1.807) is 0 Å². The van der Waals surface area contributed by atoms with Crippen LogP contribution in [-0.2, 0) is 6.54 Å². The van der Waals surface area contributed by atoms with Gasteiger partial charge in [0.15, 0.2) is 17.9 Å². The van der Waals surface area contributed by atoms with Crippen molar-refractivity contribution in [1.29, 1.82) is 0 Å². The number of anilines is 1. The maximum atomic E-state index is 5.69. The predicted molar refractivity (Wildman–Crippen MR) is 93.8 cm³/mol. The molecule has 0 unspecified atom stereocenters. The van der Waals surface area contributed by atoms with Gasteiger partial charge in [0, 0.05) is 37.9 Å². The lowest BCUT2D eigenvalue weighted by molar-refractivity contribution is -0.706. The predicted octanol–water partition coefficient (Wildman–Crippen LogP) is 3.09. The highest BCUT2D eigenvalue weighted by Gasteiger charge is 2.21. The second kappa shape index (κ2) is 6.15. The van der Waals surface area contributed by atoms with Crippen molar-refractivity contribution < 1.29 is 4.57 Å². The fraction of sp³-hybridized carbons (Fsp3) is 0.278. The summed E-state index contributed by atoms with van der Waals surface area (Å²) in [6, 6.07) is 13.0. The number of pyridine rings is 1. The summed E-state index contributed by atoms with van der Waals surface area (Å²) in [5, 5.41) is 1.26. The topological polar surface area (TPSA) is 33.1 Å². The van der Waals surface area contributed by atoms with Crippen LogP contribution in [0.2, 0.25) is 0 Å². The lowest BCUT2D eigenvalue weighted by atomic mass is 10.1. The molecule has 3 nitrogen and oxygen atoms in total. The molecular formula is C18H22N3S+. The van der Waals surface area contributed by atoms with E-state index in [1.807, 2.05) is 11.8 Å². The first-order valence-electron chi connectivity index (χ1n) is 7.53. The number of rotatable bonds is 3. The van der Waals surface area contributed by atoms with E-state index >= 15 is 0 Å². The average molecular weight is 312 g/mol. The van der Waals surface area contributed by atoms with Gasteiger partial charge in [-0.15, -0.1) is 0 Å². The Morgan fingerprint density at radius 1 is 1.18 bits per heavy atom. The number of nitrogens with two attached hydrogens (primary N) is 1. The third kappa shape index (κ3) is 2.76. The minimum absolute atomic E-state index is 0.667. The molecule has 0 atom stereocenters. The van der Waals surface area contributed by atoms with Crippen molar-refractivity contribution in [1.82, 2.24) is 0 Å². The first-order chi connectivity index (χ1) is 10.6. The minimum atomic E-state index is 0.667. The standard InChI is InChI=1S/C18H22N3S/c1-13-10-15(11-14(2)21(13)9-8-19)12-18-20(3)16-6-4-5-7-17(16)22-18/h4-7,10-12H,8-9,19H2,1-3H3/q+1. The Kier molecular flexibility index (Phi) is 4.23. The zero-order chi connectivity index (χ0) is 15.7. The van der Waals surface area contributed by atoms with E-state index in [-0.39, 0.29) is 0 Å². The highest BCUT2D eigenvalue weighted by molar-refractivity contribution is 8.03. The Hall–Kier alpha value is -1.78. The van der Waals surface area contributed by atoms with Crippen molar-refractivity contribution in [2.45, 2.75) is 25.3 Å². The van der Waals surface area contributed by atoms with Crippen LogP contribution < -0.4 is 15.2 Å². The first kappa shape index (κ1) is 15.1. The number of fused-ring (bicyclic) bond motifs is 1. The fourth-order valence-electron chi connectivity index (χ4n) is 2.91. The van der Waals surface area contributed by atoms with Crippen molar-refractivity contribution in [3.05, 3.63) is 58.4 Å². The van der Waals surface area contributed by atoms with Crippen LogP contribution in [0.1, 0.15) is 17.0 Å². The van der Waals surface area contributed by atoms with Gasteiger partial charge < -0.3 is 10.6 Å². The fourth-order valence-corrected chi connectivity index (χ4v) is 4.02. The second-order valence-electron chi connectivity index (χ2n) is 5.62. The number of hydrogen-bond acceptors (Lipinski definition) is 3.